The van der Waals surface area contributed by atoms with Gasteiger partial charge in [0.15, 0.2) is 6.20 Å². The highest BCUT2D eigenvalue weighted by atomic mass is 16.6. The monoisotopic (exact) mass is 239 g/mol. The summed E-state index contributed by atoms with van der Waals surface area (Å²) in [6.07, 6.45) is 2.13. The first-order valence-electron chi connectivity index (χ1n) is 5.40. The second-order valence-corrected chi connectivity index (χ2v) is 4.65. The Kier molecular flexibility index (Phi) is 4.39. The Labute approximate surface area is 99.8 Å². The minimum atomic E-state index is -0.528. The number of hydrogen-bond acceptors (Lipinski definition) is 5. The number of rotatable bonds is 6. The van der Waals surface area contributed by atoms with E-state index in [0.29, 0.717) is 13.0 Å². The van der Waals surface area contributed by atoms with E-state index in [1.54, 1.807) is 6.07 Å². The lowest BCUT2D eigenvalue weighted by atomic mass is 9.90. The van der Waals surface area contributed by atoms with E-state index in [-0.39, 0.29) is 17.8 Å². The zero-order chi connectivity index (χ0) is 12.9. The molecule has 1 aromatic rings. The average molecular weight is 239 g/mol. The van der Waals surface area contributed by atoms with Gasteiger partial charge in [0.1, 0.15) is 0 Å². The van der Waals surface area contributed by atoms with Gasteiger partial charge in [0, 0.05) is 19.2 Å². The molecule has 2 N–H and O–H groups in total. The first-order chi connectivity index (χ1) is 7.94. The third kappa shape index (κ3) is 4.36. The summed E-state index contributed by atoms with van der Waals surface area (Å²) in [5.74, 6) is -0.162. The molecule has 6 heteroatoms. The molecular formula is C11H17N3O3. The third-order valence-corrected chi connectivity index (χ3v) is 2.49. The van der Waals surface area contributed by atoms with E-state index < -0.39 is 4.92 Å². The number of hydrogen-bond donors (Lipinski definition) is 2. The van der Waals surface area contributed by atoms with Gasteiger partial charge in [0.25, 0.3) is 0 Å². The van der Waals surface area contributed by atoms with Crippen molar-refractivity contribution in [1.82, 2.24) is 4.98 Å². The SMILES string of the molecule is CC(C)(CCO)CNc1ccc([N+](=O)[O-])nc1. The van der Waals surface area contributed by atoms with Crippen molar-refractivity contribution in [3.63, 3.8) is 0 Å². The third-order valence-electron chi connectivity index (χ3n) is 2.49. The molecule has 0 amide bonds. The van der Waals surface area contributed by atoms with Gasteiger partial charge >= 0.3 is 5.82 Å². The highest BCUT2D eigenvalue weighted by Gasteiger charge is 2.17. The summed E-state index contributed by atoms with van der Waals surface area (Å²) >= 11 is 0. The molecule has 0 fully saturated rings. The van der Waals surface area contributed by atoms with Crippen molar-refractivity contribution in [2.24, 2.45) is 5.41 Å². The summed E-state index contributed by atoms with van der Waals surface area (Å²) in [4.78, 5) is 13.6. The van der Waals surface area contributed by atoms with Crippen LogP contribution >= 0.6 is 0 Å². The van der Waals surface area contributed by atoms with E-state index >= 15 is 0 Å². The lowest BCUT2D eigenvalue weighted by Gasteiger charge is -2.24. The molecule has 0 saturated heterocycles. The van der Waals surface area contributed by atoms with Crippen molar-refractivity contribution in [2.75, 3.05) is 18.5 Å². The molecule has 0 spiro atoms. The standard InChI is InChI=1S/C11H17N3O3/c1-11(2,5-6-15)8-13-9-3-4-10(12-7-9)14(16)17/h3-4,7,13,15H,5-6,8H2,1-2H3. The molecule has 17 heavy (non-hydrogen) atoms. The van der Waals surface area contributed by atoms with Crippen LogP contribution in [0.25, 0.3) is 0 Å². The summed E-state index contributed by atoms with van der Waals surface area (Å²) in [5.41, 5.74) is 0.706. The van der Waals surface area contributed by atoms with E-state index in [9.17, 15) is 10.1 Å². The molecule has 0 aromatic carbocycles. The van der Waals surface area contributed by atoms with Crippen molar-refractivity contribution in [2.45, 2.75) is 20.3 Å². The van der Waals surface area contributed by atoms with Crippen LogP contribution in [0.2, 0.25) is 0 Å². The molecular weight excluding hydrogens is 222 g/mol. The van der Waals surface area contributed by atoms with E-state index in [0.717, 1.165) is 5.69 Å². The molecule has 0 bridgehead atoms. The lowest BCUT2D eigenvalue weighted by Crippen LogP contribution is -2.24. The zero-order valence-electron chi connectivity index (χ0n) is 10.0. The fourth-order valence-electron chi connectivity index (χ4n) is 1.33. The minimum absolute atomic E-state index is 0.0312. The summed E-state index contributed by atoms with van der Waals surface area (Å²) in [6, 6.07) is 2.99. The van der Waals surface area contributed by atoms with Gasteiger partial charge in [-0.15, -0.1) is 0 Å². The van der Waals surface area contributed by atoms with E-state index in [2.05, 4.69) is 10.3 Å². The Bertz CT molecular complexity index is 376. The number of aromatic nitrogens is 1. The van der Waals surface area contributed by atoms with Crippen LogP contribution in [0.3, 0.4) is 0 Å². The number of nitrogens with one attached hydrogen (secondary N) is 1. The van der Waals surface area contributed by atoms with Gasteiger partial charge in [-0.2, -0.15) is 0 Å². The molecule has 0 aliphatic heterocycles. The van der Waals surface area contributed by atoms with Crippen LogP contribution in [0.4, 0.5) is 11.5 Å². The maximum Gasteiger partial charge on any atom is 0.363 e. The zero-order valence-corrected chi connectivity index (χ0v) is 10.0. The van der Waals surface area contributed by atoms with Gasteiger partial charge in [-0.1, -0.05) is 13.8 Å². The van der Waals surface area contributed by atoms with Gasteiger partial charge in [-0.05, 0) is 27.8 Å². The number of aliphatic hydroxyl groups excluding tert-OH is 1. The number of anilines is 1. The first kappa shape index (κ1) is 13.4. The largest absolute Gasteiger partial charge is 0.396 e. The Balaban J connectivity index is 2.55. The number of pyridine rings is 1. The Morgan fingerprint density at radius 3 is 2.71 bits per heavy atom. The van der Waals surface area contributed by atoms with E-state index in [4.69, 9.17) is 5.11 Å². The highest BCUT2D eigenvalue weighted by molar-refractivity contribution is 5.43. The maximum atomic E-state index is 10.4. The van der Waals surface area contributed by atoms with Crippen LogP contribution in [0, 0.1) is 15.5 Å². The quantitative estimate of drug-likeness (QED) is 0.583. The molecule has 1 aromatic heterocycles. The number of nitrogens with zero attached hydrogens (tertiary/aromatic N) is 2. The fourth-order valence-corrected chi connectivity index (χ4v) is 1.33. The molecule has 0 saturated carbocycles. The van der Waals surface area contributed by atoms with Gasteiger partial charge in [0.05, 0.1) is 5.69 Å². The average Bonchev–Trinajstić information content (AvgIpc) is 2.27. The van der Waals surface area contributed by atoms with Crippen LogP contribution in [0.5, 0.6) is 0 Å². The molecule has 0 aliphatic rings. The van der Waals surface area contributed by atoms with Crippen molar-refractivity contribution in [1.29, 1.82) is 0 Å². The maximum absolute atomic E-state index is 10.4. The fraction of sp³-hybridized carbons (Fsp3) is 0.545. The first-order valence-corrected chi connectivity index (χ1v) is 5.40. The summed E-state index contributed by atoms with van der Waals surface area (Å²) in [6.45, 7) is 4.89. The summed E-state index contributed by atoms with van der Waals surface area (Å²) < 4.78 is 0. The topological polar surface area (TPSA) is 88.3 Å². The molecule has 0 unspecified atom stereocenters. The minimum Gasteiger partial charge on any atom is -0.396 e. The van der Waals surface area contributed by atoms with Crippen LogP contribution in [0.15, 0.2) is 18.3 Å². The second-order valence-electron chi connectivity index (χ2n) is 4.65. The van der Waals surface area contributed by atoms with Gasteiger partial charge in [-0.25, -0.2) is 0 Å². The molecule has 0 aliphatic carbocycles. The highest BCUT2D eigenvalue weighted by Crippen LogP contribution is 2.21. The van der Waals surface area contributed by atoms with Crippen molar-refractivity contribution >= 4 is 11.5 Å². The van der Waals surface area contributed by atoms with Crippen LogP contribution in [-0.2, 0) is 0 Å². The Morgan fingerprint density at radius 1 is 1.53 bits per heavy atom. The van der Waals surface area contributed by atoms with E-state index in [1.165, 1.54) is 12.3 Å². The molecule has 1 rings (SSSR count). The van der Waals surface area contributed by atoms with Crippen LogP contribution < -0.4 is 5.32 Å². The van der Waals surface area contributed by atoms with E-state index in [1.807, 2.05) is 13.8 Å². The molecule has 1 heterocycles. The van der Waals surface area contributed by atoms with Crippen molar-refractivity contribution in [3.05, 3.63) is 28.4 Å². The predicted octanol–water partition coefficient (Wildman–Crippen LogP) is 1.81. The smallest absolute Gasteiger partial charge is 0.363 e. The van der Waals surface area contributed by atoms with Crippen molar-refractivity contribution < 1.29 is 10.0 Å². The summed E-state index contributed by atoms with van der Waals surface area (Å²) in [5, 5.41) is 22.4. The molecule has 0 atom stereocenters. The Morgan fingerprint density at radius 2 is 2.24 bits per heavy atom. The summed E-state index contributed by atoms with van der Waals surface area (Å²) in [7, 11) is 0. The van der Waals surface area contributed by atoms with Crippen LogP contribution in [0.1, 0.15) is 20.3 Å². The van der Waals surface area contributed by atoms with Crippen molar-refractivity contribution in [3.8, 4) is 0 Å². The molecule has 6 nitrogen and oxygen atoms in total. The normalized spacial score (nSPS) is 11.2. The predicted molar refractivity (Wildman–Crippen MR) is 64.9 cm³/mol. The Hall–Kier alpha value is -1.69. The number of nitro groups is 1. The van der Waals surface area contributed by atoms with Gasteiger partial charge < -0.3 is 20.5 Å². The van der Waals surface area contributed by atoms with Gasteiger partial charge in [0.2, 0.25) is 0 Å². The molecule has 94 valence electrons. The second kappa shape index (κ2) is 5.58. The van der Waals surface area contributed by atoms with Crippen LogP contribution in [-0.4, -0.2) is 28.2 Å². The van der Waals surface area contributed by atoms with Gasteiger partial charge in [-0.3, -0.25) is 0 Å². The lowest BCUT2D eigenvalue weighted by molar-refractivity contribution is -0.389. The molecule has 0 radical (unpaired) electrons. The number of aliphatic hydroxyl groups is 1.